The highest BCUT2D eigenvalue weighted by molar-refractivity contribution is 5.71. The molecule has 0 aromatic carbocycles. The van der Waals surface area contributed by atoms with Gasteiger partial charge in [0.1, 0.15) is 31.0 Å². The standard InChI is InChI=1S/C43H72O10/c1-3-5-7-9-11-13-15-17-18-20-22-24-26-28-30-32-39(46)52-36(35-51-43-42(49)41(48)40(47)37(33-44)53-43)34-50-38(45)31-29-27-25-23-21-19-16-14-12-10-8-6-4-2/h5,7,11,13,17-18,22,24,28,30,36-37,40-44,47-49H,3-4,6,8-10,12,14-16,19-21,23,25-27,29,31-35H2,1-2H3/b7-5-,13-11-,18-17-,24-22-,30-28-. The largest absolute Gasteiger partial charge is 0.462 e. The Labute approximate surface area is 320 Å². The fraction of sp³-hybridized carbons (Fsp3) is 0.721. The van der Waals surface area contributed by atoms with Crippen LogP contribution in [0.15, 0.2) is 60.8 Å². The average molecular weight is 749 g/mol. The van der Waals surface area contributed by atoms with Crippen molar-refractivity contribution in [2.45, 2.75) is 179 Å². The highest BCUT2D eigenvalue weighted by atomic mass is 16.7. The molecule has 6 unspecified atom stereocenters. The molecule has 0 aromatic rings. The van der Waals surface area contributed by atoms with Crippen LogP contribution in [0.5, 0.6) is 0 Å². The van der Waals surface area contributed by atoms with Gasteiger partial charge in [0.05, 0.1) is 19.6 Å². The van der Waals surface area contributed by atoms with Gasteiger partial charge in [-0.2, -0.15) is 0 Å². The Hall–Kier alpha value is -2.60. The lowest BCUT2D eigenvalue weighted by Gasteiger charge is -2.39. The van der Waals surface area contributed by atoms with Crippen molar-refractivity contribution >= 4 is 11.9 Å². The van der Waals surface area contributed by atoms with E-state index < -0.39 is 55.4 Å². The molecule has 1 aliphatic heterocycles. The molecule has 0 saturated carbocycles. The van der Waals surface area contributed by atoms with Crippen LogP contribution in [0.2, 0.25) is 0 Å². The molecule has 10 nitrogen and oxygen atoms in total. The topological polar surface area (TPSA) is 152 Å². The van der Waals surface area contributed by atoms with Crippen LogP contribution in [0.25, 0.3) is 0 Å². The minimum atomic E-state index is -1.61. The van der Waals surface area contributed by atoms with E-state index in [1.54, 1.807) is 6.08 Å². The van der Waals surface area contributed by atoms with Crippen molar-refractivity contribution in [3.63, 3.8) is 0 Å². The SMILES string of the molecule is CC/C=C\C/C=C\C/C=C\C/C=C\C/C=C\CC(=O)OC(COC(=O)CCCCCCCCCCCCCCC)COC1OC(CO)C(O)C(O)C1O. The van der Waals surface area contributed by atoms with Crippen LogP contribution >= 0.6 is 0 Å². The second kappa shape index (κ2) is 33.9. The lowest BCUT2D eigenvalue weighted by atomic mass is 9.99. The van der Waals surface area contributed by atoms with Gasteiger partial charge in [0.2, 0.25) is 0 Å². The summed E-state index contributed by atoms with van der Waals surface area (Å²) in [6, 6.07) is 0. The molecule has 0 spiro atoms. The van der Waals surface area contributed by atoms with Crippen LogP contribution in [0, 0.1) is 0 Å². The summed E-state index contributed by atoms with van der Waals surface area (Å²) in [6.07, 6.45) is 32.6. The van der Waals surface area contributed by atoms with E-state index in [9.17, 15) is 30.0 Å². The molecule has 1 heterocycles. The zero-order chi connectivity index (χ0) is 38.8. The minimum absolute atomic E-state index is 0.00300. The second-order valence-electron chi connectivity index (χ2n) is 13.7. The van der Waals surface area contributed by atoms with E-state index in [0.717, 1.165) is 44.9 Å². The molecule has 53 heavy (non-hydrogen) atoms. The number of carbonyl (C=O) groups is 2. The first kappa shape index (κ1) is 48.4. The lowest BCUT2D eigenvalue weighted by molar-refractivity contribution is -0.305. The van der Waals surface area contributed by atoms with Crippen LogP contribution in [-0.4, -0.2) is 89.0 Å². The third kappa shape index (κ3) is 25.9. The molecular formula is C43H72O10. The minimum Gasteiger partial charge on any atom is -0.462 e. The predicted molar refractivity (Wildman–Crippen MR) is 210 cm³/mol. The Bertz CT molecular complexity index is 1050. The highest BCUT2D eigenvalue weighted by Crippen LogP contribution is 2.22. The molecule has 0 radical (unpaired) electrons. The normalized spacial score (nSPS) is 21.5. The molecule has 6 atom stereocenters. The van der Waals surface area contributed by atoms with E-state index in [1.165, 1.54) is 57.8 Å². The van der Waals surface area contributed by atoms with Gasteiger partial charge in [0, 0.05) is 6.42 Å². The van der Waals surface area contributed by atoms with Crippen LogP contribution < -0.4 is 0 Å². The molecule has 304 valence electrons. The zero-order valence-electron chi connectivity index (χ0n) is 32.7. The average Bonchev–Trinajstić information content (AvgIpc) is 3.15. The molecule has 10 heteroatoms. The number of carbonyl (C=O) groups excluding carboxylic acids is 2. The number of rotatable bonds is 32. The highest BCUT2D eigenvalue weighted by Gasteiger charge is 2.44. The quantitative estimate of drug-likeness (QED) is 0.0304. The molecule has 0 amide bonds. The van der Waals surface area contributed by atoms with E-state index in [4.69, 9.17) is 18.9 Å². The van der Waals surface area contributed by atoms with E-state index >= 15 is 0 Å². The Balaban J connectivity index is 2.45. The Morgan fingerprint density at radius 2 is 1.09 bits per heavy atom. The van der Waals surface area contributed by atoms with E-state index in [-0.39, 0.29) is 26.1 Å². The first-order valence-corrected chi connectivity index (χ1v) is 20.4. The van der Waals surface area contributed by atoms with Crippen LogP contribution in [0.1, 0.15) is 142 Å². The van der Waals surface area contributed by atoms with Gasteiger partial charge in [-0.05, 0) is 38.5 Å². The van der Waals surface area contributed by atoms with Crippen LogP contribution in [0.3, 0.4) is 0 Å². The van der Waals surface area contributed by atoms with Crippen molar-refractivity contribution in [2.24, 2.45) is 0 Å². The summed E-state index contributed by atoms with van der Waals surface area (Å²) >= 11 is 0. The van der Waals surface area contributed by atoms with Gasteiger partial charge >= 0.3 is 11.9 Å². The first-order valence-electron chi connectivity index (χ1n) is 20.4. The number of aliphatic hydroxyl groups is 4. The maximum Gasteiger partial charge on any atom is 0.310 e. The van der Waals surface area contributed by atoms with Crippen molar-refractivity contribution in [1.29, 1.82) is 0 Å². The van der Waals surface area contributed by atoms with Crippen molar-refractivity contribution in [2.75, 3.05) is 19.8 Å². The monoisotopic (exact) mass is 749 g/mol. The summed E-state index contributed by atoms with van der Waals surface area (Å²) in [4.78, 5) is 25.2. The molecule has 4 N–H and O–H groups in total. The van der Waals surface area contributed by atoms with Crippen molar-refractivity contribution in [3.05, 3.63) is 60.8 Å². The molecule has 1 fully saturated rings. The van der Waals surface area contributed by atoms with Crippen LogP contribution in [-0.2, 0) is 28.5 Å². The smallest absolute Gasteiger partial charge is 0.310 e. The Kier molecular flexibility index (Phi) is 31.0. The number of hydrogen-bond donors (Lipinski definition) is 4. The second-order valence-corrected chi connectivity index (χ2v) is 13.7. The molecule has 1 saturated heterocycles. The zero-order valence-corrected chi connectivity index (χ0v) is 32.7. The van der Waals surface area contributed by atoms with Crippen LogP contribution in [0.4, 0.5) is 0 Å². The fourth-order valence-corrected chi connectivity index (χ4v) is 5.73. The Morgan fingerprint density at radius 1 is 0.604 bits per heavy atom. The van der Waals surface area contributed by atoms with Gasteiger partial charge in [-0.15, -0.1) is 0 Å². The number of esters is 2. The number of allylic oxidation sites excluding steroid dienone is 9. The molecular weight excluding hydrogens is 676 g/mol. The van der Waals surface area contributed by atoms with Gasteiger partial charge in [-0.1, -0.05) is 152 Å². The third-order valence-electron chi connectivity index (χ3n) is 8.95. The maximum atomic E-state index is 12.7. The number of aliphatic hydroxyl groups excluding tert-OH is 4. The number of hydrogen-bond acceptors (Lipinski definition) is 10. The summed E-state index contributed by atoms with van der Waals surface area (Å²) in [5.74, 6) is -0.957. The van der Waals surface area contributed by atoms with Crippen molar-refractivity contribution in [1.82, 2.24) is 0 Å². The third-order valence-corrected chi connectivity index (χ3v) is 8.95. The summed E-state index contributed by atoms with van der Waals surface area (Å²) in [7, 11) is 0. The van der Waals surface area contributed by atoms with Gasteiger partial charge in [0.15, 0.2) is 12.4 Å². The fourth-order valence-electron chi connectivity index (χ4n) is 5.73. The molecule has 0 bridgehead atoms. The van der Waals surface area contributed by atoms with Crippen molar-refractivity contribution < 1.29 is 49.0 Å². The molecule has 0 aliphatic carbocycles. The van der Waals surface area contributed by atoms with Gasteiger partial charge in [-0.25, -0.2) is 0 Å². The summed E-state index contributed by atoms with van der Waals surface area (Å²) in [6.45, 7) is 3.19. The predicted octanol–water partition coefficient (Wildman–Crippen LogP) is 7.88. The van der Waals surface area contributed by atoms with E-state index in [0.29, 0.717) is 12.8 Å². The lowest BCUT2D eigenvalue weighted by Crippen LogP contribution is -2.59. The number of unbranched alkanes of at least 4 members (excludes halogenated alkanes) is 12. The molecule has 1 rings (SSSR count). The molecule has 1 aliphatic rings. The molecule has 0 aromatic heterocycles. The van der Waals surface area contributed by atoms with Gasteiger partial charge < -0.3 is 39.4 Å². The van der Waals surface area contributed by atoms with Gasteiger partial charge in [0.25, 0.3) is 0 Å². The summed E-state index contributed by atoms with van der Waals surface area (Å²) in [5.41, 5.74) is 0. The van der Waals surface area contributed by atoms with Gasteiger partial charge in [-0.3, -0.25) is 9.59 Å². The van der Waals surface area contributed by atoms with E-state index in [2.05, 4.69) is 56.4 Å². The van der Waals surface area contributed by atoms with Crippen molar-refractivity contribution in [3.8, 4) is 0 Å². The van der Waals surface area contributed by atoms with E-state index in [1.807, 2.05) is 12.2 Å². The first-order chi connectivity index (χ1) is 25.8. The Morgan fingerprint density at radius 3 is 1.60 bits per heavy atom. The number of ether oxygens (including phenoxy) is 4. The summed E-state index contributed by atoms with van der Waals surface area (Å²) < 4.78 is 22.0. The maximum absolute atomic E-state index is 12.7. The summed E-state index contributed by atoms with van der Waals surface area (Å²) in [5, 5.41) is 39.9.